The molecule has 0 unspecified atom stereocenters. The smallest absolute Gasteiger partial charge is 0.338 e. The highest BCUT2D eigenvalue weighted by molar-refractivity contribution is 7.89. The first-order valence-electron chi connectivity index (χ1n) is 9.78. The Balaban J connectivity index is 1.57. The van der Waals surface area contributed by atoms with Crippen molar-refractivity contribution in [3.63, 3.8) is 0 Å². The quantitative estimate of drug-likeness (QED) is 0.597. The van der Waals surface area contributed by atoms with Crippen LogP contribution in [0, 0.1) is 0 Å². The van der Waals surface area contributed by atoms with Gasteiger partial charge in [0.2, 0.25) is 15.9 Å². The SMILES string of the molecule is CC(=O)Nc1ccc(NC(=O)COC(=O)c2cccc(S(=O)(=O)N3CCOCC3)c2)cc1. The lowest BCUT2D eigenvalue weighted by Crippen LogP contribution is -2.40. The number of nitrogens with one attached hydrogen (secondary N) is 2. The molecule has 0 spiro atoms. The molecule has 1 fully saturated rings. The lowest BCUT2D eigenvalue weighted by atomic mass is 10.2. The Labute approximate surface area is 185 Å². The Kier molecular flexibility index (Phi) is 7.57. The number of morpholine rings is 1. The maximum absolute atomic E-state index is 12.7. The summed E-state index contributed by atoms with van der Waals surface area (Å²) in [5.74, 6) is -1.60. The monoisotopic (exact) mass is 461 g/mol. The summed E-state index contributed by atoms with van der Waals surface area (Å²) in [6, 6.07) is 11.9. The van der Waals surface area contributed by atoms with E-state index in [1.54, 1.807) is 24.3 Å². The third-order valence-electron chi connectivity index (χ3n) is 4.50. The number of benzene rings is 2. The Morgan fingerprint density at radius 1 is 1.00 bits per heavy atom. The minimum absolute atomic E-state index is 0.0202. The molecule has 1 saturated heterocycles. The van der Waals surface area contributed by atoms with Crippen LogP contribution >= 0.6 is 0 Å². The number of amides is 2. The van der Waals surface area contributed by atoms with E-state index >= 15 is 0 Å². The van der Waals surface area contributed by atoms with Gasteiger partial charge in [0.15, 0.2) is 6.61 Å². The highest BCUT2D eigenvalue weighted by Crippen LogP contribution is 2.19. The molecule has 2 N–H and O–H groups in total. The number of sulfonamides is 1. The number of rotatable bonds is 7. The van der Waals surface area contributed by atoms with E-state index in [4.69, 9.17) is 9.47 Å². The number of carbonyl (C=O) groups excluding carboxylic acids is 3. The van der Waals surface area contributed by atoms with Crippen LogP contribution in [0.5, 0.6) is 0 Å². The first kappa shape index (κ1) is 23.4. The lowest BCUT2D eigenvalue weighted by Gasteiger charge is -2.26. The van der Waals surface area contributed by atoms with Crippen molar-refractivity contribution in [1.29, 1.82) is 0 Å². The molecule has 0 bridgehead atoms. The first-order valence-corrected chi connectivity index (χ1v) is 11.2. The van der Waals surface area contributed by atoms with Crippen LogP contribution in [-0.2, 0) is 29.1 Å². The summed E-state index contributed by atoms with van der Waals surface area (Å²) in [6.07, 6.45) is 0. The molecule has 11 heteroatoms. The largest absolute Gasteiger partial charge is 0.452 e. The fourth-order valence-electron chi connectivity index (χ4n) is 2.97. The summed E-state index contributed by atoms with van der Waals surface area (Å²) < 4.78 is 37.0. The van der Waals surface area contributed by atoms with E-state index in [1.165, 1.54) is 35.5 Å². The van der Waals surface area contributed by atoms with Crippen LogP contribution in [0.1, 0.15) is 17.3 Å². The van der Waals surface area contributed by atoms with Gasteiger partial charge >= 0.3 is 5.97 Å². The molecule has 1 aliphatic rings. The normalized spacial score (nSPS) is 14.4. The predicted molar refractivity (Wildman–Crippen MR) is 116 cm³/mol. The Morgan fingerprint density at radius 2 is 1.62 bits per heavy atom. The zero-order valence-corrected chi connectivity index (χ0v) is 18.2. The van der Waals surface area contributed by atoms with Gasteiger partial charge in [-0.05, 0) is 42.5 Å². The third-order valence-corrected chi connectivity index (χ3v) is 6.40. The van der Waals surface area contributed by atoms with Crippen molar-refractivity contribution in [2.45, 2.75) is 11.8 Å². The molecule has 170 valence electrons. The van der Waals surface area contributed by atoms with Crippen LogP contribution in [0.2, 0.25) is 0 Å². The zero-order valence-electron chi connectivity index (χ0n) is 17.4. The van der Waals surface area contributed by atoms with E-state index in [9.17, 15) is 22.8 Å². The number of nitrogens with zero attached hydrogens (tertiary/aromatic N) is 1. The minimum atomic E-state index is -3.76. The fourth-order valence-corrected chi connectivity index (χ4v) is 4.43. The van der Waals surface area contributed by atoms with Crippen LogP contribution < -0.4 is 10.6 Å². The number of anilines is 2. The van der Waals surface area contributed by atoms with Gasteiger partial charge in [-0.1, -0.05) is 6.07 Å². The maximum atomic E-state index is 12.7. The molecular weight excluding hydrogens is 438 g/mol. The van der Waals surface area contributed by atoms with Gasteiger partial charge in [-0.2, -0.15) is 4.31 Å². The molecule has 0 atom stereocenters. The summed E-state index contributed by atoms with van der Waals surface area (Å²) in [6.45, 7) is 1.94. The number of ether oxygens (including phenoxy) is 2. The van der Waals surface area contributed by atoms with E-state index in [1.807, 2.05) is 0 Å². The third kappa shape index (κ3) is 6.13. The van der Waals surface area contributed by atoms with Crippen molar-refractivity contribution in [3.8, 4) is 0 Å². The highest BCUT2D eigenvalue weighted by atomic mass is 32.2. The van der Waals surface area contributed by atoms with Crippen molar-refractivity contribution in [2.24, 2.45) is 0 Å². The Morgan fingerprint density at radius 3 is 2.25 bits per heavy atom. The molecule has 1 aliphatic heterocycles. The number of hydrogen-bond acceptors (Lipinski definition) is 7. The second-order valence-corrected chi connectivity index (χ2v) is 8.87. The summed E-state index contributed by atoms with van der Waals surface area (Å²) in [5.41, 5.74) is 1.05. The molecular formula is C21H23N3O7S. The molecule has 0 saturated carbocycles. The molecule has 2 aromatic rings. The van der Waals surface area contributed by atoms with E-state index in [2.05, 4.69) is 10.6 Å². The molecule has 0 aliphatic carbocycles. The molecule has 1 heterocycles. The van der Waals surface area contributed by atoms with Gasteiger partial charge in [-0.25, -0.2) is 13.2 Å². The van der Waals surface area contributed by atoms with Gasteiger partial charge < -0.3 is 20.1 Å². The fraction of sp³-hybridized carbons (Fsp3) is 0.286. The molecule has 2 aromatic carbocycles. The predicted octanol–water partition coefficient (Wildman–Crippen LogP) is 1.46. The van der Waals surface area contributed by atoms with Crippen molar-refractivity contribution in [2.75, 3.05) is 43.5 Å². The van der Waals surface area contributed by atoms with Gasteiger partial charge in [-0.15, -0.1) is 0 Å². The topological polar surface area (TPSA) is 131 Å². The molecule has 2 amide bonds. The van der Waals surface area contributed by atoms with E-state index in [0.29, 0.717) is 24.6 Å². The zero-order chi connectivity index (χ0) is 23.1. The van der Waals surface area contributed by atoms with Crippen LogP contribution in [0.4, 0.5) is 11.4 Å². The number of esters is 1. The first-order chi connectivity index (χ1) is 15.3. The molecule has 0 aromatic heterocycles. The summed E-state index contributed by atoms with van der Waals surface area (Å²) in [5, 5.41) is 5.17. The van der Waals surface area contributed by atoms with Gasteiger partial charge in [0.05, 0.1) is 23.7 Å². The van der Waals surface area contributed by atoms with Gasteiger partial charge in [0, 0.05) is 31.4 Å². The standard InChI is InChI=1S/C21H23N3O7S/c1-15(25)22-17-5-7-18(8-6-17)23-20(26)14-31-21(27)16-3-2-4-19(13-16)32(28,29)24-9-11-30-12-10-24/h2-8,13H,9-12,14H2,1H3,(H,22,25)(H,23,26). The van der Waals surface area contributed by atoms with Gasteiger partial charge in [0.1, 0.15) is 0 Å². The average Bonchev–Trinajstić information content (AvgIpc) is 2.79. The second kappa shape index (κ2) is 10.4. The lowest BCUT2D eigenvalue weighted by molar-refractivity contribution is -0.119. The average molecular weight is 461 g/mol. The Bertz CT molecular complexity index is 1090. The molecule has 3 rings (SSSR count). The molecule has 0 radical (unpaired) electrons. The van der Waals surface area contributed by atoms with Gasteiger partial charge in [0.25, 0.3) is 5.91 Å². The van der Waals surface area contributed by atoms with Crippen LogP contribution in [0.15, 0.2) is 53.4 Å². The van der Waals surface area contributed by atoms with E-state index in [-0.39, 0.29) is 29.5 Å². The van der Waals surface area contributed by atoms with Crippen molar-refractivity contribution in [3.05, 3.63) is 54.1 Å². The van der Waals surface area contributed by atoms with Crippen molar-refractivity contribution < 1.29 is 32.3 Å². The van der Waals surface area contributed by atoms with Crippen LogP contribution in [0.25, 0.3) is 0 Å². The van der Waals surface area contributed by atoms with Gasteiger partial charge in [-0.3, -0.25) is 9.59 Å². The molecule has 10 nitrogen and oxygen atoms in total. The van der Waals surface area contributed by atoms with Crippen molar-refractivity contribution >= 4 is 39.2 Å². The van der Waals surface area contributed by atoms with Crippen LogP contribution in [-0.4, -0.2) is 63.4 Å². The molecule has 32 heavy (non-hydrogen) atoms. The maximum Gasteiger partial charge on any atom is 0.338 e. The van der Waals surface area contributed by atoms with E-state index in [0.717, 1.165) is 0 Å². The summed E-state index contributed by atoms with van der Waals surface area (Å²) in [4.78, 5) is 35.4. The second-order valence-electron chi connectivity index (χ2n) is 6.93. The number of hydrogen-bond donors (Lipinski definition) is 2. The highest BCUT2D eigenvalue weighted by Gasteiger charge is 2.27. The van der Waals surface area contributed by atoms with Crippen LogP contribution in [0.3, 0.4) is 0 Å². The van der Waals surface area contributed by atoms with E-state index < -0.39 is 28.5 Å². The summed E-state index contributed by atoms with van der Waals surface area (Å²) in [7, 11) is -3.76. The number of carbonyl (C=O) groups is 3. The van der Waals surface area contributed by atoms with Crippen molar-refractivity contribution in [1.82, 2.24) is 4.31 Å². The minimum Gasteiger partial charge on any atom is -0.452 e. The summed E-state index contributed by atoms with van der Waals surface area (Å²) >= 11 is 0. The Hall–Kier alpha value is -3.28.